The molecule has 1 N–H and O–H groups in total. The summed E-state index contributed by atoms with van der Waals surface area (Å²) in [6, 6.07) is 4.95. The molecule has 1 rings (SSSR count). The Kier molecular flexibility index (Phi) is 5.76. The minimum absolute atomic E-state index is 0.0913. The van der Waals surface area contributed by atoms with Gasteiger partial charge in [-0.3, -0.25) is 0 Å². The molecule has 0 aliphatic rings. The van der Waals surface area contributed by atoms with Crippen molar-refractivity contribution in [2.24, 2.45) is 0 Å². The highest BCUT2D eigenvalue weighted by Gasteiger charge is 2.19. The number of carbonyl (C=O) groups is 1. The Labute approximate surface area is 112 Å². The smallest absolute Gasteiger partial charge is 0.346 e. The largest absolute Gasteiger partial charge is 0.476 e. The molecule has 0 aromatic heterocycles. The molecule has 0 spiro atoms. The lowest BCUT2D eigenvalue weighted by molar-refractivity contribution is -0.148. The Morgan fingerprint density at radius 1 is 1.37 bits per heavy atom. The summed E-state index contributed by atoms with van der Waals surface area (Å²) in [5.41, 5.74) is 0.671. The number of halogens is 1. The topological polar surface area (TPSA) is 47.6 Å². The van der Waals surface area contributed by atoms with E-state index >= 15 is 0 Å². The lowest BCUT2D eigenvalue weighted by atomic mass is 10.1. The van der Waals surface area contributed by atoms with Crippen LogP contribution in [0.1, 0.15) is 26.3 Å². The van der Waals surface area contributed by atoms with Crippen molar-refractivity contribution in [3.05, 3.63) is 29.6 Å². The molecule has 0 aliphatic carbocycles. The van der Waals surface area contributed by atoms with Crippen LogP contribution in [0.15, 0.2) is 18.2 Å². The van der Waals surface area contributed by atoms with Crippen LogP contribution in [0.25, 0.3) is 0 Å². The number of hydrogen-bond donors (Lipinski definition) is 1. The molecule has 0 radical (unpaired) electrons. The molecule has 0 saturated carbocycles. The number of rotatable bonds is 6. The van der Waals surface area contributed by atoms with E-state index < -0.39 is 17.9 Å². The van der Waals surface area contributed by atoms with Gasteiger partial charge in [0.05, 0.1) is 7.11 Å². The van der Waals surface area contributed by atoms with Crippen molar-refractivity contribution in [2.45, 2.75) is 39.5 Å². The molecule has 0 saturated heterocycles. The lowest BCUT2D eigenvalue weighted by Gasteiger charge is -2.17. The number of carbonyl (C=O) groups excluding carboxylic acids is 1. The predicted molar refractivity (Wildman–Crippen MR) is 70.5 cm³/mol. The third kappa shape index (κ3) is 4.52. The maximum Gasteiger partial charge on any atom is 0.346 e. The highest BCUT2D eigenvalue weighted by molar-refractivity contribution is 5.74. The van der Waals surface area contributed by atoms with Crippen LogP contribution in [0.2, 0.25) is 0 Å². The molecule has 0 heterocycles. The Hall–Kier alpha value is -1.62. The molecular weight excluding hydrogens is 249 g/mol. The molecule has 19 heavy (non-hydrogen) atoms. The molecule has 1 aromatic carbocycles. The van der Waals surface area contributed by atoms with Crippen molar-refractivity contribution in [1.82, 2.24) is 5.32 Å². The third-order valence-electron chi connectivity index (χ3n) is 2.58. The Bertz CT molecular complexity index is 435. The quantitative estimate of drug-likeness (QED) is 0.805. The van der Waals surface area contributed by atoms with Crippen LogP contribution < -0.4 is 10.1 Å². The summed E-state index contributed by atoms with van der Waals surface area (Å²) in [6.45, 7) is 5.99. The van der Waals surface area contributed by atoms with Crippen molar-refractivity contribution in [3.8, 4) is 5.75 Å². The van der Waals surface area contributed by atoms with E-state index in [0.717, 1.165) is 0 Å². The van der Waals surface area contributed by atoms with E-state index in [1.807, 2.05) is 13.8 Å². The Balaban J connectivity index is 2.88. The summed E-state index contributed by atoms with van der Waals surface area (Å²) in [7, 11) is 1.27. The Morgan fingerprint density at radius 2 is 2.05 bits per heavy atom. The van der Waals surface area contributed by atoms with Gasteiger partial charge in [-0.05, 0) is 13.0 Å². The van der Waals surface area contributed by atoms with Gasteiger partial charge in [0, 0.05) is 18.2 Å². The zero-order chi connectivity index (χ0) is 14.4. The summed E-state index contributed by atoms with van der Waals surface area (Å²) in [5, 5.41) is 3.18. The van der Waals surface area contributed by atoms with E-state index in [0.29, 0.717) is 12.1 Å². The molecular formula is C14H20FNO3. The van der Waals surface area contributed by atoms with E-state index in [9.17, 15) is 9.18 Å². The number of para-hydroxylation sites is 1. The van der Waals surface area contributed by atoms with Gasteiger partial charge in [0.1, 0.15) is 0 Å². The van der Waals surface area contributed by atoms with Crippen molar-refractivity contribution in [3.63, 3.8) is 0 Å². The first-order valence-corrected chi connectivity index (χ1v) is 6.21. The minimum atomic E-state index is -0.848. The second kappa shape index (κ2) is 7.09. The molecule has 0 fully saturated rings. The summed E-state index contributed by atoms with van der Waals surface area (Å²) in [4.78, 5) is 11.3. The summed E-state index contributed by atoms with van der Waals surface area (Å²) in [5.74, 6) is -0.932. The Morgan fingerprint density at radius 3 is 2.63 bits per heavy atom. The summed E-state index contributed by atoms with van der Waals surface area (Å²) in [6.07, 6.45) is -0.848. The van der Waals surface area contributed by atoms with E-state index in [2.05, 4.69) is 10.1 Å². The SMILES string of the molecule is COC(=O)C(C)Oc1c(F)cccc1CNC(C)C. The monoisotopic (exact) mass is 269 g/mol. The summed E-state index contributed by atoms with van der Waals surface area (Å²) < 4.78 is 23.7. The first kappa shape index (κ1) is 15.4. The van der Waals surface area contributed by atoms with Gasteiger partial charge >= 0.3 is 5.97 Å². The van der Waals surface area contributed by atoms with Crippen molar-refractivity contribution in [2.75, 3.05) is 7.11 Å². The van der Waals surface area contributed by atoms with Gasteiger partial charge in [-0.1, -0.05) is 26.0 Å². The fraction of sp³-hybridized carbons (Fsp3) is 0.500. The molecule has 0 bridgehead atoms. The lowest BCUT2D eigenvalue weighted by Crippen LogP contribution is -2.27. The zero-order valence-electron chi connectivity index (χ0n) is 11.7. The van der Waals surface area contributed by atoms with Gasteiger partial charge < -0.3 is 14.8 Å². The maximum atomic E-state index is 13.8. The van der Waals surface area contributed by atoms with Crippen molar-refractivity contribution in [1.29, 1.82) is 0 Å². The van der Waals surface area contributed by atoms with Crippen LogP contribution in [-0.2, 0) is 16.1 Å². The van der Waals surface area contributed by atoms with Gasteiger partial charge in [0.25, 0.3) is 0 Å². The van der Waals surface area contributed by atoms with Crippen molar-refractivity contribution < 1.29 is 18.7 Å². The molecule has 4 nitrogen and oxygen atoms in total. The predicted octanol–water partition coefficient (Wildman–Crippen LogP) is 2.26. The highest BCUT2D eigenvalue weighted by atomic mass is 19.1. The van der Waals surface area contributed by atoms with Gasteiger partial charge in [-0.2, -0.15) is 0 Å². The van der Waals surface area contributed by atoms with Gasteiger partial charge in [0.2, 0.25) is 0 Å². The van der Waals surface area contributed by atoms with E-state index in [1.54, 1.807) is 12.1 Å². The number of methoxy groups -OCH3 is 1. The first-order valence-electron chi connectivity index (χ1n) is 6.21. The number of ether oxygens (including phenoxy) is 2. The molecule has 5 heteroatoms. The van der Waals surface area contributed by atoms with Gasteiger partial charge in [0.15, 0.2) is 17.7 Å². The number of esters is 1. The average molecular weight is 269 g/mol. The third-order valence-corrected chi connectivity index (χ3v) is 2.58. The minimum Gasteiger partial charge on any atom is -0.476 e. The fourth-order valence-corrected chi connectivity index (χ4v) is 1.53. The molecule has 0 aliphatic heterocycles. The normalized spacial score (nSPS) is 12.3. The van der Waals surface area contributed by atoms with E-state index in [1.165, 1.54) is 20.1 Å². The first-order chi connectivity index (χ1) is 8.95. The van der Waals surface area contributed by atoms with Crippen LogP contribution in [0, 0.1) is 5.82 Å². The molecule has 0 amide bonds. The van der Waals surface area contributed by atoms with Crippen LogP contribution in [0.3, 0.4) is 0 Å². The number of benzene rings is 1. The van der Waals surface area contributed by atoms with Crippen LogP contribution >= 0.6 is 0 Å². The average Bonchev–Trinajstić information content (AvgIpc) is 2.38. The van der Waals surface area contributed by atoms with E-state index in [-0.39, 0.29) is 11.8 Å². The molecule has 1 unspecified atom stereocenters. The molecule has 106 valence electrons. The van der Waals surface area contributed by atoms with E-state index in [4.69, 9.17) is 4.74 Å². The fourth-order valence-electron chi connectivity index (χ4n) is 1.53. The van der Waals surface area contributed by atoms with Crippen molar-refractivity contribution >= 4 is 5.97 Å². The second-order valence-corrected chi connectivity index (χ2v) is 4.55. The van der Waals surface area contributed by atoms with Crippen LogP contribution in [0.5, 0.6) is 5.75 Å². The highest BCUT2D eigenvalue weighted by Crippen LogP contribution is 2.24. The number of hydrogen-bond acceptors (Lipinski definition) is 4. The van der Waals surface area contributed by atoms with Crippen LogP contribution in [0.4, 0.5) is 4.39 Å². The second-order valence-electron chi connectivity index (χ2n) is 4.55. The van der Waals surface area contributed by atoms with Gasteiger partial charge in [-0.15, -0.1) is 0 Å². The van der Waals surface area contributed by atoms with Gasteiger partial charge in [-0.25, -0.2) is 9.18 Å². The summed E-state index contributed by atoms with van der Waals surface area (Å²) >= 11 is 0. The standard InChI is InChI=1S/C14H20FNO3/c1-9(2)16-8-11-6-5-7-12(15)13(11)19-10(3)14(17)18-4/h5-7,9-10,16H,8H2,1-4H3. The zero-order valence-corrected chi connectivity index (χ0v) is 11.7. The molecule has 1 atom stereocenters. The maximum absolute atomic E-state index is 13.8. The number of nitrogens with one attached hydrogen (secondary N) is 1. The molecule has 1 aromatic rings. The van der Waals surface area contributed by atoms with Crippen LogP contribution in [-0.4, -0.2) is 25.2 Å².